The Morgan fingerprint density at radius 3 is 2.31 bits per heavy atom. The van der Waals surface area contributed by atoms with Crippen molar-refractivity contribution in [2.24, 2.45) is 0 Å². The van der Waals surface area contributed by atoms with Crippen LogP contribution in [-0.2, 0) is 28.7 Å². The number of aromatic nitrogens is 1. The molecule has 1 heterocycles. The SMILES string of the molecule is CNC(=O)Cc1ccc(NC(=O)Cn2cccc(C(F)(F)F)c2=O)cc1. The predicted molar refractivity (Wildman–Crippen MR) is 88.5 cm³/mol. The highest BCUT2D eigenvalue weighted by Crippen LogP contribution is 2.25. The molecule has 0 fully saturated rings. The lowest BCUT2D eigenvalue weighted by molar-refractivity contribution is -0.139. The van der Waals surface area contributed by atoms with Gasteiger partial charge in [0.05, 0.1) is 6.42 Å². The largest absolute Gasteiger partial charge is 0.421 e. The van der Waals surface area contributed by atoms with Crippen LogP contribution < -0.4 is 16.2 Å². The van der Waals surface area contributed by atoms with Crippen LogP contribution in [0.1, 0.15) is 11.1 Å². The highest BCUT2D eigenvalue weighted by Gasteiger charge is 2.34. The summed E-state index contributed by atoms with van der Waals surface area (Å²) in [7, 11) is 1.52. The molecule has 2 N–H and O–H groups in total. The van der Waals surface area contributed by atoms with E-state index in [-0.39, 0.29) is 12.3 Å². The number of likely N-dealkylation sites (N-methyl/N-ethyl adjacent to an activating group) is 1. The number of hydrogen-bond donors (Lipinski definition) is 2. The molecule has 0 unspecified atom stereocenters. The molecule has 0 bridgehead atoms. The van der Waals surface area contributed by atoms with Crippen molar-refractivity contribution in [3.63, 3.8) is 0 Å². The van der Waals surface area contributed by atoms with E-state index in [1.165, 1.54) is 7.05 Å². The van der Waals surface area contributed by atoms with Crippen LogP contribution in [0.25, 0.3) is 0 Å². The van der Waals surface area contributed by atoms with E-state index in [2.05, 4.69) is 10.6 Å². The molecule has 0 aliphatic heterocycles. The van der Waals surface area contributed by atoms with Gasteiger partial charge in [-0.15, -0.1) is 0 Å². The average molecular weight is 367 g/mol. The number of nitrogens with one attached hydrogen (secondary N) is 2. The van der Waals surface area contributed by atoms with Gasteiger partial charge in [0.2, 0.25) is 11.8 Å². The zero-order chi connectivity index (χ0) is 19.3. The zero-order valence-corrected chi connectivity index (χ0v) is 13.8. The summed E-state index contributed by atoms with van der Waals surface area (Å²) in [6.07, 6.45) is -3.48. The van der Waals surface area contributed by atoms with Gasteiger partial charge in [0.25, 0.3) is 5.56 Å². The molecule has 2 rings (SSSR count). The maximum Gasteiger partial charge on any atom is 0.421 e. The second kappa shape index (κ2) is 7.85. The minimum absolute atomic E-state index is 0.161. The molecule has 1 aromatic heterocycles. The first kappa shape index (κ1) is 19.2. The number of nitrogens with zero attached hydrogens (tertiary/aromatic N) is 1. The number of carbonyl (C=O) groups is 2. The van der Waals surface area contributed by atoms with Gasteiger partial charge < -0.3 is 15.2 Å². The monoisotopic (exact) mass is 367 g/mol. The highest BCUT2D eigenvalue weighted by atomic mass is 19.4. The van der Waals surface area contributed by atoms with Gasteiger partial charge in [0.1, 0.15) is 12.1 Å². The minimum Gasteiger partial charge on any atom is -0.359 e. The van der Waals surface area contributed by atoms with Crippen LogP contribution in [0.15, 0.2) is 47.4 Å². The van der Waals surface area contributed by atoms with Crippen molar-refractivity contribution in [2.75, 3.05) is 12.4 Å². The number of alkyl halides is 3. The third-order valence-corrected chi connectivity index (χ3v) is 3.52. The Balaban J connectivity index is 2.05. The van der Waals surface area contributed by atoms with Crippen molar-refractivity contribution in [1.29, 1.82) is 0 Å². The number of halogens is 3. The van der Waals surface area contributed by atoms with Crippen LogP contribution in [0, 0.1) is 0 Å². The molecule has 6 nitrogen and oxygen atoms in total. The first-order chi connectivity index (χ1) is 12.2. The molecule has 0 atom stereocenters. The molecule has 2 amide bonds. The second-order valence-corrected chi connectivity index (χ2v) is 5.45. The van der Waals surface area contributed by atoms with E-state index in [0.29, 0.717) is 16.3 Å². The van der Waals surface area contributed by atoms with Crippen LogP contribution in [0.4, 0.5) is 18.9 Å². The van der Waals surface area contributed by atoms with Crippen molar-refractivity contribution >= 4 is 17.5 Å². The van der Waals surface area contributed by atoms with Crippen molar-refractivity contribution in [1.82, 2.24) is 9.88 Å². The summed E-state index contributed by atoms with van der Waals surface area (Å²) in [6, 6.07) is 8.13. The van der Waals surface area contributed by atoms with Gasteiger partial charge in [-0.05, 0) is 29.8 Å². The molecule has 26 heavy (non-hydrogen) atoms. The predicted octanol–water partition coefficient (Wildman–Crippen LogP) is 1.79. The molecule has 0 radical (unpaired) electrons. The van der Waals surface area contributed by atoms with E-state index in [9.17, 15) is 27.6 Å². The number of amides is 2. The summed E-state index contributed by atoms with van der Waals surface area (Å²) in [5, 5.41) is 4.98. The average Bonchev–Trinajstić information content (AvgIpc) is 2.57. The van der Waals surface area contributed by atoms with Crippen LogP contribution in [0.2, 0.25) is 0 Å². The van der Waals surface area contributed by atoms with Gasteiger partial charge >= 0.3 is 6.18 Å². The Hall–Kier alpha value is -3.10. The Bertz CT molecular complexity index is 858. The summed E-state index contributed by atoms with van der Waals surface area (Å²) < 4.78 is 38.9. The number of hydrogen-bond acceptors (Lipinski definition) is 3. The van der Waals surface area contributed by atoms with E-state index in [1.807, 2.05) is 0 Å². The molecule has 1 aromatic carbocycles. The van der Waals surface area contributed by atoms with Crippen molar-refractivity contribution < 1.29 is 22.8 Å². The Morgan fingerprint density at radius 1 is 1.08 bits per heavy atom. The molecule has 138 valence electrons. The maximum atomic E-state index is 12.7. The normalized spacial score (nSPS) is 11.1. The minimum atomic E-state index is -4.78. The second-order valence-electron chi connectivity index (χ2n) is 5.45. The van der Waals surface area contributed by atoms with Crippen molar-refractivity contribution in [2.45, 2.75) is 19.1 Å². The first-order valence-corrected chi connectivity index (χ1v) is 7.56. The number of pyridine rings is 1. The third kappa shape index (κ3) is 4.95. The fourth-order valence-corrected chi connectivity index (χ4v) is 2.21. The van der Waals surface area contributed by atoms with Gasteiger partial charge in [0, 0.05) is 18.9 Å². The summed E-state index contributed by atoms with van der Waals surface area (Å²) >= 11 is 0. The number of anilines is 1. The van der Waals surface area contributed by atoms with Crippen molar-refractivity contribution in [3.05, 3.63) is 64.1 Å². The van der Waals surface area contributed by atoms with E-state index >= 15 is 0 Å². The lowest BCUT2D eigenvalue weighted by Gasteiger charge is -2.11. The van der Waals surface area contributed by atoms with Crippen LogP contribution in [0.3, 0.4) is 0 Å². The zero-order valence-electron chi connectivity index (χ0n) is 13.8. The van der Waals surface area contributed by atoms with E-state index < -0.39 is 29.8 Å². The van der Waals surface area contributed by atoms with Crippen molar-refractivity contribution in [3.8, 4) is 0 Å². The van der Waals surface area contributed by atoms with Gasteiger partial charge in [-0.1, -0.05) is 12.1 Å². The lowest BCUT2D eigenvalue weighted by Crippen LogP contribution is -2.31. The summed E-state index contributed by atoms with van der Waals surface area (Å²) in [5.74, 6) is -0.809. The fourth-order valence-electron chi connectivity index (χ4n) is 2.21. The number of rotatable bonds is 5. The quantitative estimate of drug-likeness (QED) is 0.846. The molecular formula is C17H16F3N3O3. The highest BCUT2D eigenvalue weighted by molar-refractivity contribution is 5.90. The molecular weight excluding hydrogens is 351 g/mol. The molecule has 0 saturated heterocycles. The molecule has 9 heteroatoms. The summed E-state index contributed by atoms with van der Waals surface area (Å²) in [5.41, 5.74) is -1.48. The van der Waals surface area contributed by atoms with Gasteiger partial charge in [-0.25, -0.2) is 0 Å². The summed E-state index contributed by atoms with van der Waals surface area (Å²) in [4.78, 5) is 35.1. The van der Waals surface area contributed by atoms with Crippen LogP contribution in [-0.4, -0.2) is 23.4 Å². The number of carbonyl (C=O) groups excluding carboxylic acids is 2. The maximum absolute atomic E-state index is 12.7. The smallest absolute Gasteiger partial charge is 0.359 e. The Kier molecular flexibility index (Phi) is 5.81. The lowest BCUT2D eigenvalue weighted by atomic mass is 10.1. The van der Waals surface area contributed by atoms with Crippen LogP contribution in [0.5, 0.6) is 0 Å². The number of benzene rings is 1. The topological polar surface area (TPSA) is 80.2 Å². The summed E-state index contributed by atoms with van der Waals surface area (Å²) in [6.45, 7) is -0.553. The van der Waals surface area contributed by atoms with Crippen LogP contribution >= 0.6 is 0 Å². The standard InChI is InChI=1S/C17H16F3N3O3/c1-21-14(24)9-11-4-6-12(7-5-11)22-15(25)10-23-8-2-3-13(16(23)26)17(18,19)20/h2-8H,9-10H2,1H3,(H,21,24)(H,22,25). The third-order valence-electron chi connectivity index (χ3n) is 3.52. The van der Waals surface area contributed by atoms with Gasteiger partial charge in [-0.2, -0.15) is 13.2 Å². The molecule has 0 spiro atoms. The fraction of sp³-hybridized carbons (Fsp3) is 0.235. The Morgan fingerprint density at radius 2 is 1.73 bits per heavy atom. The van der Waals surface area contributed by atoms with E-state index in [1.54, 1.807) is 24.3 Å². The molecule has 0 aliphatic rings. The van der Waals surface area contributed by atoms with Gasteiger partial charge in [0.15, 0.2) is 0 Å². The molecule has 0 aliphatic carbocycles. The van der Waals surface area contributed by atoms with Gasteiger partial charge in [-0.3, -0.25) is 14.4 Å². The van der Waals surface area contributed by atoms with E-state index in [4.69, 9.17) is 0 Å². The molecule has 2 aromatic rings. The molecule has 0 saturated carbocycles. The first-order valence-electron chi connectivity index (χ1n) is 7.56. The van der Waals surface area contributed by atoms with E-state index in [0.717, 1.165) is 17.8 Å². The Labute approximate surface area is 146 Å².